The smallest absolute Gasteiger partial charge is 0.329 e. The Morgan fingerprint density at radius 3 is 2.57 bits per heavy atom. The Morgan fingerprint density at radius 2 is 2.05 bits per heavy atom. The first-order valence-electron chi connectivity index (χ1n) is 6.74. The van der Waals surface area contributed by atoms with Gasteiger partial charge in [0, 0.05) is 0 Å². The van der Waals surface area contributed by atoms with Crippen molar-refractivity contribution in [3.63, 3.8) is 0 Å². The number of carbonyl (C=O) groups is 1. The highest BCUT2D eigenvalue weighted by atomic mass is 16.5. The zero-order valence-electron chi connectivity index (χ0n) is 12.9. The molecule has 1 aromatic carbocycles. The highest BCUT2D eigenvalue weighted by molar-refractivity contribution is 5.80. The lowest BCUT2D eigenvalue weighted by Gasteiger charge is -2.27. The van der Waals surface area contributed by atoms with Gasteiger partial charge < -0.3 is 19.3 Å². The lowest BCUT2D eigenvalue weighted by Crippen LogP contribution is -2.54. The Hall–Kier alpha value is -1.79. The van der Waals surface area contributed by atoms with E-state index in [-0.39, 0.29) is 13.2 Å². The summed E-state index contributed by atoms with van der Waals surface area (Å²) in [4.78, 5) is 11.9. The van der Waals surface area contributed by atoms with Gasteiger partial charge in [0.05, 0.1) is 20.8 Å². The summed E-state index contributed by atoms with van der Waals surface area (Å²) in [6.45, 7) is 4.25. The molecule has 0 saturated carbocycles. The van der Waals surface area contributed by atoms with E-state index in [1.54, 1.807) is 25.1 Å². The van der Waals surface area contributed by atoms with Crippen LogP contribution < -0.4 is 14.8 Å². The number of aliphatic hydroxyl groups is 1. The fourth-order valence-electron chi connectivity index (χ4n) is 1.95. The van der Waals surface area contributed by atoms with Gasteiger partial charge in [0.2, 0.25) is 0 Å². The number of likely N-dealkylation sites (N-methyl/N-ethyl adjacent to an activating group) is 1. The Labute approximate surface area is 125 Å². The van der Waals surface area contributed by atoms with Crippen molar-refractivity contribution in [1.29, 1.82) is 0 Å². The Balaban J connectivity index is 2.87. The van der Waals surface area contributed by atoms with Crippen LogP contribution in [0, 0.1) is 0 Å². The number of rotatable bonds is 8. The first-order chi connectivity index (χ1) is 10.0. The molecule has 0 spiro atoms. The van der Waals surface area contributed by atoms with Crippen molar-refractivity contribution in [2.24, 2.45) is 0 Å². The molecule has 118 valence electrons. The van der Waals surface area contributed by atoms with E-state index in [4.69, 9.17) is 19.3 Å². The van der Waals surface area contributed by atoms with Crippen LogP contribution in [0.25, 0.3) is 0 Å². The number of nitrogens with one attached hydrogen (secondary N) is 1. The third-order valence-electron chi connectivity index (χ3n) is 3.13. The Kier molecular flexibility index (Phi) is 6.45. The molecule has 0 heterocycles. The monoisotopic (exact) mass is 297 g/mol. The fraction of sp³-hybridized carbons (Fsp3) is 0.533. The maximum absolute atomic E-state index is 11.9. The van der Waals surface area contributed by atoms with Crippen molar-refractivity contribution in [3.05, 3.63) is 23.8 Å². The average molecular weight is 297 g/mol. The van der Waals surface area contributed by atoms with Crippen LogP contribution in [0.4, 0.5) is 0 Å². The number of hydrogen-bond donors (Lipinski definition) is 2. The number of methoxy groups -OCH3 is 2. The molecule has 0 fully saturated rings. The molecular formula is C15H23NO5. The molecule has 0 aliphatic rings. The summed E-state index contributed by atoms with van der Waals surface area (Å²) in [6.07, 6.45) is 0. The van der Waals surface area contributed by atoms with Gasteiger partial charge >= 0.3 is 5.97 Å². The summed E-state index contributed by atoms with van der Waals surface area (Å²) in [5.41, 5.74) is -0.217. The van der Waals surface area contributed by atoms with E-state index in [1.165, 1.54) is 14.2 Å². The molecule has 1 rings (SSSR count). The minimum Gasteiger partial charge on any atom is -0.493 e. The third kappa shape index (κ3) is 4.34. The van der Waals surface area contributed by atoms with Crippen molar-refractivity contribution in [3.8, 4) is 11.5 Å². The minimum atomic E-state index is -0.940. The van der Waals surface area contributed by atoms with Gasteiger partial charge in [-0.1, -0.05) is 13.0 Å². The van der Waals surface area contributed by atoms with Gasteiger partial charge in [-0.05, 0) is 31.2 Å². The van der Waals surface area contributed by atoms with E-state index in [0.29, 0.717) is 18.0 Å². The van der Waals surface area contributed by atoms with Crippen molar-refractivity contribution < 1.29 is 24.1 Å². The summed E-state index contributed by atoms with van der Waals surface area (Å²) in [7, 11) is 2.86. The van der Waals surface area contributed by atoms with Crippen LogP contribution in [-0.4, -0.2) is 44.0 Å². The van der Waals surface area contributed by atoms with E-state index in [2.05, 4.69) is 5.32 Å². The molecule has 0 saturated heterocycles. The molecule has 0 bridgehead atoms. The van der Waals surface area contributed by atoms with Gasteiger partial charge in [0.25, 0.3) is 0 Å². The fourth-order valence-corrected chi connectivity index (χ4v) is 1.95. The number of carbonyl (C=O) groups excluding carboxylic acids is 1. The summed E-state index contributed by atoms with van der Waals surface area (Å²) >= 11 is 0. The third-order valence-corrected chi connectivity index (χ3v) is 3.13. The van der Waals surface area contributed by atoms with E-state index >= 15 is 0 Å². The van der Waals surface area contributed by atoms with Crippen LogP contribution in [0.5, 0.6) is 11.5 Å². The second-order valence-electron chi connectivity index (χ2n) is 4.79. The summed E-state index contributed by atoms with van der Waals surface area (Å²) < 4.78 is 15.7. The Morgan fingerprint density at radius 1 is 1.33 bits per heavy atom. The predicted octanol–water partition coefficient (Wildman–Crippen LogP) is 1.11. The van der Waals surface area contributed by atoms with Crippen LogP contribution in [0.3, 0.4) is 0 Å². The molecule has 0 aliphatic heterocycles. The van der Waals surface area contributed by atoms with Gasteiger partial charge in [-0.3, -0.25) is 5.32 Å². The SMILES string of the molecule is CCNC(C)(COc1ccc(CO)cc1OC)C(=O)OC. The molecule has 0 aromatic heterocycles. The van der Waals surface area contributed by atoms with Crippen LogP contribution in [0.2, 0.25) is 0 Å². The summed E-state index contributed by atoms with van der Waals surface area (Å²) in [6, 6.07) is 5.13. The van der Waals surface area contributed by atoms with Crippen LogP contribution >= 0.6 is 0 Å². The zero-order valence-corrected chi connectivity index (χ0v) is 12.9. The minimum absolute atomic E-state index is 0.0755. The maximum Gasteiger partial charge on any atom is 0.329 e. The summed E-state index contributed by atoms with van der Waals surface area (Å²) in [5.74, 6) is 0.614. The highest BCUT2D eigenvalue weighted by Gasteiger charge is 2.34. The number of esters is 1. The standard InChI is InChI=1S/C15H23NO5/c1-5-16-15(2,14(18)20-4)10-21-12-7-6-11(9-17)8-13(12)19-3/h6-8,16-17H,5,9-10H2,1-4H3. The molecule has 0 radical (unpaired) electrons. The number of benzene rings is 1. The predicted molar refractivity (Wildman–Crippen MR) is 78.5 cm³/mol. The lowest BCUT2D eigenvalue weighted by molar-refractivity contribution is -0.149. The van der Waals surface area contributed by atoms with Gasteiger partial charge in [0.15, 0.2) is 11.5 Å². The Bertz CT molecular complexity index is 477. The average Bonchev–Trinajstić information content (AvgIpc) is 2.52. The highest BCUT2D eigenvalue weighted by Crippen LogP contribution is 2.29. The van der Waals surface area contributed by atoms with Crippen molar-refractivity contribution in [2.45, 2.75) is 26.0 Å². The van der Waals surface area contributed by atoms with Gasteiger partial charge in [-0.2, -0.15) is 0 Å². The van der Waals surface area contributed by atoms with Gasteiger partial charge in [-0.25, -0.2) is 4.79 Å². The van der Waals surface area contributed by atoms with Crippen molar-refractivity contribution >= 4 is 5.97 Å². The van der Waals surface area contributed by atoms with Gasteiger partial charge in [0.1, 0.15) is 12.1 Å². The van der Waals surface area contributed by atoms with Crippen LogP contribution in [0.15, 0.2) is 18.2 Å². The first-order valence-corrected chi connectivity index (χ1v) is 6.74. The molecule has 21 heavy (non-hydrogen) atoms. The van der Waals surface area contributed by atoms with Crippen molar-refractivity contribution in [2.75, 3.05) is 27.4 Å². The topological polar surface area (TPSA) is 77.0 Å². The number of ether oxygens (including phenoxy) is 3. The number of hydrogen-bond acceptors (Lipinski definition) is 6. The molecule has 1 unspecified atom stereocenters. The molecule has 1 atom stereocenters. The molecule has 2 N–H and O–H groups in total. The van der Waals surface area contributed by atoms with E-state index in [9.17, 15) is 4.79 Å². The van der Waals surface area contributed by atoms with E-state index in [0.717, 1.165) is 5.56 Å². The second kappa shape index (κ2) is 7.85. The van der Waals surface area contributed by atoms with Crippen LogP contribution in [-0.2, 0) is 16.1 Å². The van der Waals surface area contributed by atoms with Crippen LogP contribution in [0.1, 0.15) is 19.4 Å². The number of aliphatic hydroxyl groups excluding tert-OH is 1. The second-order valence-corrected chi connectivity index (χ2v) is 4.79. The van der Waals surface area contributed by atoms with Gasteiger partial charge in [-0.15, -0.1) is 0 Å². The molecule has 0 aliphatic carbocycles. The molecule has 6 heteroatoms. The van der Waals surface area contributed by atoms with Crippen molar-refractivity contribution in [1.82, 2.24) is 5.32 Å². The largest absolute Gasteiger partial charge is 0.493 e. The normalized spacial score (nSPS) is 13.4. The van der Waals surface area contributed by atoms with E-state index in [1.807, 2.05) is 6.92 Å². The molecule has 0 amide bonds. The summed E-state index contributed by atoms with van der Waals surface area (Å²) in [5, 5.41) is 12.2. The quantitative estimate of drug-likeness (QED) is 0.700. The molecule has 1 aromatic rings. The lowest BCUT2D eigenvalue weighted by atomic mass is 10.0. The maximum atomic E-state index is 11.9. The first kappa shape index (κ1) is 17.3. The zero-order chi connectivity index (χ0) is 15.9. The van der Waals surface area contributed by atoms with E-state index < -0.39 is 11.5 Å². The molecular weight excluding hydrogens is 274 g/mol. The molecule has 6 nitrogen and oxygen atoms in total.